The molecule has 0 aromatic rings. The van der Waals surface area contributed by atoms with Crippen LogP contribution in [0.5, 0.6) is 0 Å². The number of Topliss-reactive ketones (excluding diaryl/α,β-unsaturated/α-hetero) is 1. The van der Waals surface area contributed by atoms with Crippen molar-refractivity contribution < 1.29 is 9.90 Å². The summed E-state index contributed by atoms with van der Waals surface area (Å²) in [5.41, 5.74) is 0. The molecule has 0 aliphatic heterocycles. The van der Waals surface area contributed by atoms with E-state index in [2.05, 4.69) is 6.92 Å². The van der Waals surface area contributed by atoms with Gasteiger partial charge in [0.05, 0.1) is 6.10 Å². The van der Waals surface area contributed by atoms with E-state index in [9.17, 15) is 9.90 Å². The SMILES string of the molecule is CCCCCCCCCCCCCC(=O)CC(O)CN(C)C. The Bertz CT molecular complexity index is 254. The number of likely N-dealkylation sites (N-methyl/N-ethyl adjacent to an activating group) is 1. The van der Waals surface area contributed by atoms with E-state index >= 15 is 0 Å². The van der Waals surface area contributed by atoms with Crippen molar-refractivity contribution in [1.29, 1.82) is 0 Å². The van der Waals surface area contributed by atoms with Gasteiger partial charge < -0.3 is 10.0 Å². The van der Waals surface area contributed by atoms with Crippen LogP contribution >= 0.6 is 0 Å². The van der Waals surface area contributed by atoms with Gasteiger partial charge in [-0.2, -0.15) is 0 Å². The highest BCUT2D eigenvalue weighted by atomic mass is 16.3. The predicted octanol–water partition coefficient (Wildman–Crippen LogP) is 4.57. The maximum atomic E-state index is 11.7. The molecule has 22 heavy (non-hydrogen) atoms. The second-order valence-corrected chi connectivity index (χ2v) is 6.94. The van der Waals surface area contributed by atoms with Crippen LogP contribution in [0.3, 0.4) is 0 Å². The largest absolute Gasteiger partial charge is 0.391 e. The zero-order chi connectivity index (χ0) is 16.6. The summed E-state index contributed by atoms with van der Waals surface area (Å²) < 4.78 is 0. The van der Waals surface area contributed by atoms with Crippen molar-refractivity contribution in [3.8, 4) is 0 Å². The highest BCUT2D eigenvalue weighted by molar-refractivity contribution is 5.78. The minimum absolute atomic E-state index is 0.213. The summed E-state index contributed by atoms with van der Waals surface area (Å²) in [7, 11) is 3.83. The third-order valence-electron chi connectivity index (χ3n) is 4.10. The predicted molar refractivity (Wildman–Crippen MR) is 95.3 cm³/mol. The average molecular weight is 314 g/mol. The molecule has 132 valence electrons. The fraction of sp³-hybridized carbons (Fsp3) is 0.947. The molecule has 0 rings (SSSR count). The zero-order valence-corrected chi connectivity index (χ0v) is 15.3. The summed E-state index contributed by atoms with van der Waals surface area (Å²) >= 11 is 0. The molecule has 0 fully saturated rings. The summed E-state index contributed by atoms with van der Waals surface area (Å²) in [6.45, 7) is 2.83. The van der Waals surface area contributed by atoms with Crippen molar-refractivity contribution in [3.05, 3.63) is 0 Å². The van der Waals surface area contributed by atoms with Crippen LogP contribution in [0.4, 0.5) is 0 Å². The Labute approximate surface area is 138 Å². The highest BCUT2D eigenvalue weighted by Crippen LogP contribution is 2.12. The topological polar surface area (TPSA) is 40.5 Å². The molecule has 3 nitrogen and oxygen atoms in total. The van der Waals surface area contributed by atoms with Gasteiger partial charge in [0.25, 0.3) is 0 Å². The summed E-state index contributed by atoms with van der Waals surface area (Å²) in [6, 6.07) is 0. The third kappa shape index (κ3) is 16.0. The molecule has 1 N–H and O–H groups in total. The van der Waals surface area contributed by atoms with E-state index in [1.807, 2.05) is 19.0 Å². The number of rotatable bonds is 16. The lowest BCUT2D eigenvalue weighted by molar-refractivity contribution is -0.121. The van der Waals surface area contributed by atoms with E-state index < -0.39 is 6.10 Å². The van der Waals surface area contributed by atoms with Gasteiger partial charge in [-0.1, -0.05) is 71.1 Å². The van der Waals surface area contributed by atoms with Gasteiger partial charge in [-0.25, -0.2) is 0 Å². The summed E-state index contributed by atoms with van der Waals surface area (Å²) in [5, 5.41) is 9.70. The molecule has 0 aliphatic rings. The first-order chi connectivity index (χ1) is 10.6. The lowest BCUT2D eigenvalue weighted by atomic mass is 10.0. The van der Waals surface area contributed by atoms with Crippen molar-refractivity contribution in [2.24, 2.45) is 0 Å². The van der Waals surface area contributed by atoms with Gasteiger partial charge in [0.15, 0.2) is 0 Å². The van der Waals surface area contributed by atoms with Gasteiger partial charge in [0.2, 0.25) is 0 Å². The van der Waals surface area contributed by atoms with Gasteiger partial charge >= 0.3 is 0 Å². The number of nitrogens with zero attached hydrogens (tertiary/aromatic N) is 1. The number of aliphatic hydroxyl groups excluding tert-OH is 1. The average Bonchev–Trinajstić information content (AvgIpc) is 2.43. The fourth-order valence-electron chi connectivity index (χ4n) is 2.84. The Hall–Kier alpha value is -0.410. The van der Waals surface area contributed by atoms with Crippen molar-refractivity contribution >= 4 is 5.78 Å². The third-order valence-corrected chi connectivity index (χ3v) is 4.10. The van der Waals surface area contributed by atoms with Crippen molar-refractivity contribution in [3.63, 3.8) is 0 Å². The van der Waals surface area contributed by atoms with Crippen molar-refractivity contribution in [1.82, 2.24) is 4.90 Å². The fourth-order valence-corrected chi connectivity index (χ4v) is 2.84. The monoisotopic (exact) mass is 313 g/mol. The van der Waals surface area contributed by atoms with Crippen molar-refractivity contribution in [2.45, 2.75) is 96.5 Å². The van der Waals surface area contributed by atoms with Crippen LogP contribution in [0.15, 0.2) is 0 Å². The molecule has 3 heteroatoms. The van der Waals surface area contributed by atoms with E-state index in [4.69, 9.17) is 0 Å². The van der Waals surface area contributed by atoms with Gasteiger partial charge in [-0.3, -0.25) is 4.79 Å². The van der Waals surface area contributed by atoms with E-state index in [0.717, 1.165) is 12.8 Å². The van der Waals surface area contributed by atoms with Gasteiger partial charge in [0, 0.05) is 19.4 Å². The smallest absolute Gasteiger partial charge is 0.135 e. The standard InChI is InChI=1S/C19H39NO2/c1-4-5-6-7-8-9-10-11-12-13-14-15-18(21)16-19(22)17-20(2)3/h19,22H,4-17H2,1-3H3. The number of hydrogen-bond acceptors (Lipinski definition) is 3. The van der Waals surface area contributed by atoms with Gasteiger partial charge in [-0.15, -0.1) is 0 Å². The van der Waals surface area contributed by atoms with Crippen molar-refractivity contribution in [2.75, 3.05) is 20.6 Å². The van der Waals surface area contributed by atoms with Crippen LogP contribution in [0, 0.1) is 0 Å². The molecule has 0 bridgehead atoms. The Morgan fingerprint density at radius 2 is 1.32 bits per heavy atom. The molecule has 0 radical (unpaired) electrons. The van der Waals surface area contributed by atoms with Gasteiger partial charge in [-0.05, 0) is 20.5 Å². The Morgan fingerprint density at radius 3 is 1.77 bits per heavy atom. The quantitative estimate of drug-likeness (QED) is 0.424. The Morgan fingerprint density at radius 1 is 0.864 bits per heavy atom. The lowest BCUT2D eigenvalue weighted by Gasteiger charge is -2.14. The Kier molecular flexibility index (Phi) is 15.2. The molecule has 0 heterocycles. The normalized spacial score (nSPS) is 12.8. The molecule has 1 unspecified atom stereocenters. The number of carbonyl (C=O) groups is 1. The summed E-state index contributed by atoms with van der Waals surface area (Å²) in [4.78, 5) is 13.6. The Balaban J connectivity index is 3.26. The maximum absolute atomic E-state index is 11.7. The molecular weight excluding hydrogens is 274 g/mol. The molecule has 0 saturated heterocycles. The van der Waals surface area contributed by atoms with E-state index in [0.29, 0.717) is 19.4 Å². The van der Waals surface area contributed by atoms with Gasteiger partial charge in [0.1, 0.15) is 5.78 Å². The number of unbranched alkanes of at least 4 members (excludes halogenated alkanes) is 10. The lowest BCUT2D eigenvalue weighted by Crippen LogP contribution is -2.27. The van der Waals surface area contributed by atoms with Crippen LogP contribution in [0.1, 0.15) is 90.4 Å². The minimum atomic E-state index is -0.504. The number of aliphatic hydroxyl groups is 1. The van der Waals surface area contributed by atoms with Crippen LogP contribution in [-0.4, -0.2) is 42.5 Å². The second-order valence-electron chi connectivity index (χ2n) is 6.94. The zero-order valence-electron chi connectivity index (χ0n) is 15.3. The molecule has 1 atom stereocenters. The molecular formula is C19H39NO2. The number of carbonyl (C=O) groups excluding carboxylic acids is 1. The first-order valence-electron chi connectivity index (χ1n) is 9.40. The summed E-state index contributed by atoms with van der Waals surface area (Å²) in [5.74, 6) is 0.213. The molecule has 0 aromatic carbocycles. The number of hydrogen-bond donors (Lipinski definition) is 1. The first kappa shape index (κ1) is 21.6. The molecule has 0 spiro atoms. The van der Waals surface area contributed by atoms with Crippen LogP contribution in [0.25, 0.3) is 0 Å². The number of ketones is 1. The highest BCUT2D eigenvalue weighted by Gasteiger charge is 2.11. The molecule has 0 aliphatic carbocycles. The molecule has 0 aromatic heterocycles. The van der Waals surface area contributed by atoms with Crippen LogP contribution in [0.2, 0.25) is 0 Å². The first-order valence-corrected chi connectivity index (χ1v) is 9.40. The van der Waals surface area contributed by atoms with E-state index in [1.54, 1.807) is 0 Å². The summed E-state index contributed by atoms with van der Waals surface area (Å²) in [6.07, 6.45) is 14.8. The second kappa shape index (κ2) is 15.5. The minimum Gasteiger partial charge on any atom is -0.391 e. The van der Waals surface area contributed by atoms with E-state index in [-0.39, 0.29) is 5.78 Å². The van der Waals surface area contributed by atoms with Crippen LogP contribution in [-0.2, 0) is 4.79 Å². The van der Waals surface area contributed by atoms with Crippen LogP contribution < -0.4 is 0 Å². The van der Waals surface area contributed by atoms with E-state index in [1.165, 1.54) is 57.8 Å². The maximum Gasteiger partial charge on any atom is 0.135 e. The molecule has 0 amide bonds. The molecule has 0 saturated carbocycles.